The number of halogens is 1. The third-order valence-electron chi connectivity index (χ3n) is 2.64. The van der Waals surface area contributed by atoms with Gasteiger partial charge in [0.1, 0.15) is 5.82 Å². The van der Waals surface area contributed by atoms with Crippen molar-refractivity contribution in [1.82, 2.24) is 10.6 Å². The Bertz CT molecular complexity index is 564. The van der Waals surface area contributed by atoms with Crippen LogP contribution in [-0.2, 0) is 20.7 Å². The lowest BCUT2D eigenvalue weighted by molar-refractivity contribution is -0.148. The van der Waals surface area contributed by atoms with Gasteiger partial charge in [0.15, 0.2) is 6.61 Å². The molecule has 0 atom stereocenters. The number of amides is 3. The zero-order valence-electron chi connectivity index (χ0n) is 13.4. The highest BCUT2D eigenvalue weighted by molar-refractivity contribution is 5.95. The molecule has 2 N–H and O–H groups in total. The second kappa shape index (κ2) is 8.26. The molecule has 0 aromatic heterocycles. The fourth-order valence-corrected chi connectivity index (χ4v) is 1.65. The smallest absolute Gasteiger partial charge is 0.321 e. The molecule has 126 valence electrons. The summed E-state index contributed by atoms with van der Waals surface area (Å²) in [5.41, 5.74) is 0.313. The standard InChI is InChI=1S/C16H21FN2O4/c1-16(2,3)19-15(22)18-13(20)10-23-14(21)9-6-11-4-7-12(17)8-5-11/h4-5,7-8H,6,9-10H2,1-3H3,(H2,18,19,20,22). The normalized spacial score (nSPS) is 10.8. The Labute approximate surface area is 134 Å². The fraction of sp³-hybridized carbons (Fsp3) is 0.438. The van der Waals surface area contributed by atoms with Crippen LogP contribution in [0.1, 0.15) is 32.8 Å². The molecular formula is C16H21FN2O4. The number of rotatable bonds is 5. The molecule has 0 radical (unpaired) electrons. The van der Waals surface area contributed by atoms with Gasteiger partial charge in [0, 0.05) is 12.0 Å². The Hall–Kier alpha value is -2.44. The Kier molecular flexibility index (Phi) is 6.68. The number of urea groups is 1. The minimum atomic E-state index is -0.707. The van der Waals surface area contributed by atoms with Gasteiger partial charge in [-0.3, -0.25) is 14.9 Å². The molecule has 3 amide bonds. The Morgan fingerprint density at radius 1 is 1.13 bits per heavy atom. The van der Waals surface area contributed by atoms with E-state index in [-0.39, 0.29) is 12.2 Å². The minimum Gasteiger partial charge on any atom is -0.456 e. The van der Waals surface area contributed by atoms with Crippen LogP contribution in [0.15, 0.2) is 24.3 Å². The molecule has 1 aromatic carbocycles. The molecule has 0 aliphatic rings. The van der Waals surface area contributed by atoms with Crippen LogP contribution in [0, 0.1) is 5.82 Å². The molecule has 0 heterocycles. The van der Waals surface area contributed by atoms with Gasteiger partial charge in [-0.15, -0.1) is 0 Å². The Morgan fingerprint density at radius 3 is 2.30 bits per heavy atom. The van der Waals surface area contributed by atoms with Gasteiger partial charge in [-0.05, 0) is 44.9 Å². The molecule has 7 heteroatoms. The summed E-state index contributed by atoms with van der Waals surface area (Å²) in [4.78, 5) is 34.4. The highest BCUT2D eigenvalue weighted by Crippen LogP contribution is 2.06. The van der Waals surface area contributed by atoms with E-state index in [0.717, 1.165) is 5.56 Å². The molecule has 23 heavy (non-hydrogen) atoms. The van der Waals surface area contributed by atoms with E-state index in [1.165, 1.54) is 12.1 Å². The number of hydrogen-bond donors (Lipinski definition) is 2. The van der Waals surface area contributed by atoms with Gasteiger partial charge in [0.25, 0.3) is 5.91 Å². The van der Waals surface area contributed by atoms with Crippen LogP contribution in [-0.4, -0.2) is 30.1 Å². The number of esters is 1. The van der Waals surface area contributed by atoms with E-state index >= 15 is 0 Å². The van der Waals surface area contributed by atoms with Crippen LogP contribution in [0.3, 0.4) is 0 Å². The third-order valence-corrected chi connectivity index (χ3v) is 2.64. The highest BCUT2D eigenvalue weighted by atomic mass is 19.1. The number of ether oxygens (including phenoxy) is 1. The first kappa shape index (κ1) is 18.6. The number of imide groups is 1. The number of aryl methyl sites for hydroxylation is 1. The number of nitrogens with one attached hydrogen (secondary N) is 2. The maximum atomic E-state index is 12.7. The SMILES string of the molecule is CC(C)(C)NC(=O)NC(=O)COC(=O)CCc1ccc(F)cc1. The lowest BCUT2D eigenvalue weighted by Crippen LogP contribution is -2.49. The third kappa shape index (κ3) is 8.55. The van der Waals surface area contributed by atoms with Crippen molar-refractivity contribution in [1.29, 1.82) is 0 Å². The molecule has 0 spiro atoms. The van der Waals surface area contributed by atoms with Crippen LogP contribution in [0.4, 0.5) is 9.18 Å². The topological polar surface area (TPSA) is 84.5 Å². The summed E-state index contributed by atoms with van der Waals surface area (Å²) in [5.74, 6) is -1.62. The lowest BCUT2D eigenvalue weighted by atomic mass is 10.1. The molecule has 0 saturated heterocycles. The first-order chi connectivity index (χ1) is 10.7. The van der Waals surface area contributed by atoms with Gasteiger partial charge in [-0.25, -0.2) is 9.18 Å². The predicted molar refractivity (Wildman–Crippen MR) is 82.1 cm³/mol. The second-order valence-electron chi connectivity index (χ2n) is 6.04. The van der Waals surface area contributed by atoms with Gasteiger partial charge < -0.3 is 10.1 Å². The van der Waals surface area contributed by atoms with E-state index in [4.69, 9.17) is 4.74 Å². The van der Waals surface area contributed by atoms with Crippen molar-refractivity contribution >= 4 is 17.9 Å². The van der Waals surface area contributed by atoms with Gasteiger partial charge in [0.2, 0.25) is 0 Å². The molecule has 1 rings (SSSR count). The van der Waals surface area contributed by atoms with Crippen molar-refractivity contribution in [3.05, 3.63) is 35.6 Å². The maximum absolute atomic E-state index is 12.7. The maximum Gasteiger partial charge on any atom is 0.321 e. The average Bonchev–Trinajstić information content (AvgIpc) is 2.42. The largest absolute Gasteiger partial charge is 0.456 e. The quantitative estimate of drug-likeness (QED) is 0.811. The number of carbonyl (C=O) groups excluding carboxylic acids is 3. The van der Waals surface area contributed by atoms with Crippen molar-refractivity contribution in [2.45, 2.75) is 39.2 Å². The van der Waals surface area contributed by atoms with Crippen LogP contribution in [0.2, 0.25) is 0 Å². The second-order valence-corrected chi connectivity index (χ2v) is 6.04. The van der Waals surface area contributed by atoms with Gasteiger partial charge >= 0.3 is 12.0 Å². The van der Waals surface area contributed by atoms with Gasteiger partial charge in [-0.1, -0.05) is 12.1 Å². The molecule has 0 fully saturated rings. The first-order valence-corrected chi connectivity index (χ1v) is 7.18. The van der Waals surface area contributed by atoms with Crippen molar-refractivity contribution in [3.8, 4) is 0 Å². The summed E-state index contributed by atoms with van der Waals surface area (Å²) in [6.45, 7) is 4.78. The van der Waals surface area contributed by atoms with Crippen LogP contribution in [0.25, 0.3) is 0 Å². The molecular weight excluding hydrogens is 303 g/mol. The molecule has 0 aliphatic carbocycles. The van der Waals surface area contributed by atoms with Crippen LogP contribution < -0.4 is 10.6 Å². The van der Waals surface area contributed by atoms with E-state index < -0.39 is 30.1 Å². The molecule has 6 nitrogen and oxygen atoms in total. The Balaban J connectivity index is 2.26. The number of hydrogen-bond acceptors (Lipinski definition) is 4. The van der Waals surface area contributed by atoms with Crippen molar-refractivity contribution in [2.75, 3.05) is 6.61 Å². The summed E-state index contributed by atoms with van der Waals surface area (Å²) in [6, 6.07) is 5.12. The molecule has 1 aromatic rings. The fourth-order valence-electron chi connectivity index (χ4n) is 1.65. The van der Waals surface area contributed by atoms with Crippen molar-refractivity contribution < 1.29 is 23.5 Å². The monoisotopic (exact) mass is 324 g/mol. The van der Waals surface area contributed by atoms with E-state index in [0.29, 0.717) is 6.42 Å². The summed E-state index contributed by atoms with van der Waals surface area (Å²) < 4.78 is 17.5. The first-order valence-electron chi connectivity index (χ1n) is 7.18. The summed E-state index contributed by atoms with van der Waals surface area (Å²) in [5, 5.41) is 4.61. The van der Waals surface area contributed by atoms with Gasteiger partial charge in [0.05, 0.1) is 0 Å². The van der Waals surface area contributed by atoms with Crippen LogP contribution >= 0.6 is 0 Å². The predicted octanol–water partition coefficient (Wildman–Crippen LogP) is 1.93. The molecule has 0 saturated carbocycles. The van der Waals surface area contributed by atoms with Crippen molar-refractivity contribution in [3.63, 3.8) is 0 Å². The van der Waals surface area contributed by atoms with Gasteiger partial charge in [-0.2, -0.15) is 0 Å². The summed E-state index contributed by atoms with van der Waals surface area (Å²) >= 11 is 0. The average molecular weight is 324 g/mol. The molecule has 0 aliphatic heterocycles. The van der Waals surface area contributed by atoms with Crippen molar-refractivity contribution in [2.24, 2.45) is 0 Å². The lowest BCUT2D eigenvalue weighted by Gasteiger charge is -2.20. The summed E-state index contributed by atoms with van der Waals surface area (Å²) in [6.07, 6.45) is 0.443. The van der Waals surface area contributed by atoms with E-state index in [1.54, 1.807) is 32.9 Å². The van der Waals surface area contributed by atoms with E-state index in [1.807, 2.05) is 0 Å². The molecule has 0 unspecified atom stereocenters. The Morgan fingerprint density at radius 2 is 1.74 bits per heavy atom. The zero-order chi connectivity index (χ0) is 17.5. The number of benzene rings is 1. The minimum absolute atomic E-state index is 0.0626. The zero-order valence-corrected chi connectivity index (χ0v) is 13.4. The number of carbonyl (C=O) groups is 3. The summed E-state index contributed by atoms with van der Waals surface area (Å²) in [7, 11) is 0. The van der Waals surface area contributed by atoms with E-state index in [2.05, 4.69) is 10.6 Å². The molecule has 0 bridgehead atoms. The van der Waals surface area contributed by atoms with E-state index in [9.17, 15) is 18.8 Å². The highest BCUT2D eigenvalue weighted by Gasteiger charge is 2.16. The van der Waals surface area contributed by atoms with Crippen LogP contribution in [0.5, 0.6) is 0 Å².